The van der Waals surface area contributed by atoms with Gasteiger partial charge in [0.2, 0.25) is 0 Å². The number of ether oxygens (including phenoxy) is 2. The summed E-state index contributed by atoms with van der Waals surface area (Å²) in [5, 5.41) is 0.734. The monoisotopic (exact) mass is 339 g/mol. The number of aromatic nitrogens is 1. The molecule has 2 aromatic heterocycles. The van der Waals surface area contributed by atoms with Crippen LogP contribution in [0.25, 0.3) is 22.2 Å². The number of fused-ring (bicyclic) bond motifs is 1. The Hall–Kier alpha value is -3.15. The van der Waals surface area contributed by atoms with Gasteiger partial charge in [0.15, 0.2) is 6.61 Å². The van der Waals surface area contributed by atoms with E-state index in [1.165, 1.54) is 0 Å². The van der Waals surface area contributed by atoms with Crippen molar-refractivity contribution in [1.82, 2.24) is 4.98 Å². The number of esters is 1. The van der Waals surface area contributed by atoms with Crippen molar-refractivity contribution in [2.75, 3.05) is 6.61 Å². The quantitative estimate of drug-likeness (QED) is 0.525. The summed E-state index contributed by atoms with van der Waals surface area (Å²) in [6.45, 7) is 3.32. The van der Waals surface area contributed by atoms with E-state index >= 15 is 0 Å². The summed E-state index contributed by atoms with van der Waals surface area (Å²) in [4.78, 5) is 27.9. The van der Waals surface area contributed by atoms with Crippen LogP contribution in [0.5, 0.6) is 5.75 Å². The minimum Gasteiger partial charge on any atom is -0.482 e. The minimum atomic E-state index is -0.484. The van der Waals surface area contributed by atoms with Gasteiger partial charge in [0.05, 0.1) is 17.4 Å². The van der Waals surface area contributed by atoms with E-state index in [1.54, 1.807) is 62.5 Å². The summed E-state index contributed by atoms with van der Waals surface area (Å²) in [6.07, 6.45) is 1.42. The average Bonchev–Trinajstić information content (AvgIpc) is 2.59. The Morgan fingerprint density at radius 3 is 2.76 bits per heavy atom. The molecule has 0 fully saturated rings. The number of pyridine rings is 1. The van der Waals surface area contributed by atoms with Crippen LogP contribution in [0.3, 0.4) is 0 Å². The SMILES string of the molecule is CC(C)OC(=O)COc1ccc2cc(-c3ccccn3)c(=O)oc2c1. The molecule has 0 radical (unpaired) electrons. The van der Waals surface area contributed by atoms with Gasteiger partial charge in [-0.25, -0.2) is 9.59 Å². The Morgan fingerprint density at radius 1 is 1.20 bits per heavy atom. The van der Waals surface area contributed by atoms with Crippen LogP contribution in [0, 0.1) is 0 Å². The molecule has 128 valence electrons. The molecule has 6 heteroatoms. The Bertz CT molecular complexity index is 947. The van der Waals surface area contributed by atoms with Gasteiger partial charge >= 0.3 is 11.6 Å². The van der Waals surface area contributed by atoms with E-state index in [-0.39, 0.29) is 12.7 Å². The maximum atomic E-state index is 12.2. The molecule has 0 saturated heterocycles. The highest BCUT2D eigenvalue weighted by molar-refractivity contribution is 5.82. The summed E-state index contributed by atoms with van der Waals surface area (Å²) >= 11 is 0. The van der Waals surface area contributed by atoms with E-state index in [9.17, 15) is 9.59 Å². The van der Waals surface area contributed by atoms with Crippen molar-refractivity contribution in [1.29, 1.82) is 0 Å². The predicted octanol–water partition coefficient (Wildman–Crippen LogP) is 3.19. The van der Waals surface area contributed by atoms with Crippen molar-refractivity contribution >= 4 is 16.9 Å². The largest absolute Gasteiger partial charge is 0.482 e. The number of carbonyl (C=O) groups is 1. The zero-order valence-corrected chi connectivity index (χ0v) is 13.9. The molecule has 6 nitrogen and oxygen atoms in total. The van der Waals surface area contributed by atoms with Gasteiger partial charge in [0, 0.05) is 17.6 Å². The first-order valence-corrected chi connectivity index (χ1v) is 7.84. The molecule has 0 aliphatic carbocycles. The second-order valence-electron chi connectivity index (χ2n) is 5.69. The van der Waals surface area contributed by atoms with E-state index < -0.39 is 11.6 Å². The van der Waals surface area contributed by atoms with Crippen LogP contribution >= 0.6 is 0 Å². The molecule has 0 amide bonds. The van der Waals surface area contributed by atoms with Crippen LogP contribution in [0.1, 0.15) is 13.8 Å². The van der Waals surface area contributed by atoms with Gasteiger partial charge in [0.25, 0.3) is 0 Å². The van der Waals surface area contributed by atoms with Gasteiger partial charge in [0.1, 0.15) is 11.3 Å². The molecule has 3 aromatic rings. The smallest absolute Gasteiger partial charge is 0.345 e. The van der Waals surface area contributed by atoms with Crippen molar-refractivity contribution in [3.8, 4) is 17.0 Å². The fraction of sp³-hybridized carbons (Fsp3) is 0.211. The fourth-order valence-corrected chi connectivity index (χ4v) is 2.32. The van der Waals surface area contributed by atoms with Gasteiger partial charge in [-0.1, -0.05) is 6.07 Å². The Morgan fingerprint density at radius 2 is 2.04 bits per heavy atom. The van der Waals surface area contributed by atoms with Crippen molar-refractivity contribution in [3.63, 3.8) is 0 Å². The zero-order valence-electron chi connectivity index (χ0n) is 13.9. The number of hydrogen-bond acceptors (Lipinski definition) is 6. The van der Waals surface area contributed by atoms with Crippen LogP contribution in [0.15, 0.2) is 57.9 Å². The number of carbonyl (C=O) groups excluding carboxylic acids is 1. The maximum Gasteiger partial charge on any atom is 0.345 e. The van der Waals surface area contributed by atoms with Crippen molar-refractivity contribution < 1.29 is 18.7 Å². The third-order valence-electron chi connectivity index (χ3n) is 3.37. The summed E-state index contributed by atoms with van der Waals surface area (Å²) < 4.78 is 15.7. The van der Waals surface area contributed by atoms with E-state index in [2.05, 4.69) is 4.98 Å². The molecule has 3 rings (SSSR count). The lowest BCUT2D eigenvalue weighted by Crippen LogP contribution is -2.18. The topological polar surface area (TPSA) is 78.6 Å². The van der Waals surface area contributed by atoms with E-state index in [1.807, 2.05) is 0 Å². The molecule has 0 aliphatic rings. The normalized spacial score (nSPS) is 10.8. The van der Waals surface area contributed by atoms with E-state index in [0.717, 1.165) is 5.39 Å². The van der Waals surface area contributed by atoms with Crippen LogP contribution in [-0.2, 0) is 9.53 Å². The highest BCUT2D eigenvalue weighted by atomic mass is 16.6. The summed E-state index contributed by atoms with van der Waals surface area (Å²) in [6, 6.07) is 12.1. The predicted molar refractivity (Wildman–Crippen MR) is 92.4 cm³/mol. The maximum absolute atomic E-state index is 12.2. The average molecular weight is 339 g/mol. The molecule has 0 unspecified atom stereocenters. The molecule has 2 heterocycles. The lowest BCUT2D eigenvalue weighted by molar-refractivity contribution is -0.149. The van der Waals surface area contributed by atoms with Crippen LogP contribution in [0.2, 0.25) is 0 Å². The van der Waals surface area contributed by atoms with Crippen molar-refractivity contribution in [2.45, 2.75) is 20.0 Å². The van der Waals surface area contributed by atoms with Crippen molar-refractivity contribution in [3.05, 3.63) is 59.1 Å². The third kappa shape index (κ3) is 4.03. The van der Waals surface area contributed by atoms with Gasteiger partial charge in [-0.3, -0.25) is 4.98 Å². The number of nitrogens with zero attached hydrogens (tertiary/aromatic N) is 1. The first-order chi connectivity index (χ1) is 12.0. The standard InChI is InChI=1S/C19H17NO5/c1-12(2)24-18(21)11-23-14-7-6-13-9-15(16-5-3-4-8-20-16)19(22)25-17(13)10-14/h3-10,12H,11H2,1-2H3. The number of rotatable bonds is 5. The molecular weight excluding hydrogens is 322 g/mol. The highest BCUT2D eigenvalue weighted by Gasteiger charge is 2.11. The minimum absolute atomic E-state index is 0.198. The van der Waals surface area contributed by atoms with Gasteiger partial charge in [-0.2, -0.15) is 0 Å². The summed E-state index contributed by atoms with van der Waals surface area (Å²) in [5.74, 6) is -0.0380. The Labute approximate surface area is 144 Å². The number of benzene rings is 1. The lowest BCUT2D eigenvalue weighted by Gasteiger charge is -2.09. The second kappa shape index (κ2) is 7.17. The molecule has 0 aliphatic heterocycles. The van der Waals surface area contributed by atoms with E-state index in [4.69, 9.17) is 13.9 Å². The highest BCUT2D eigenvalue weighted by Crippen LogP contribution is 2.23. The molecule has 0 spiro atoms. The third-order valence-corrected chi connectivity index (χ3v) is 3.37. The molecule has 25 heavy (non-hydrogen) atoms. The number of hydrogen-bond donors (Lipinski definition) is 0. The zero-order chi connectivity index (χ0) is 17.8. The summed E-state index contributed by atoms with van der Waals surface area (Å²) in [7, 11) is 0. The Kier molecular flexibility index (Phi) is 4.79. The van der Waals surface area contributed by atoms with Gasteiger partial charge in [-0.15, -0.1) is 0 Å². The molecular formula is C19H17NO5. The molecule has 0 saturated carbocycles. The molecule has 1 aromatic carbocycles. The fourth-order valence-electron chi connectivity index (χ4n) is 2.32. The molecule has 0 N–H and O–H groups in total. The summed E-state index contributed by atoms with van der Waals surface area (Å²) in [5.41, 5.74) is 0.833. The van der Waals surface area contributed by atoms with Crippen LogP contribution < -0.4 is 10.4 Å². The Balaban J connectivity index is 1.84. The van der Waals surface area contributed by atoms with Crippen molar-refractivity contribution in [2.24, 2.45) is 0 Å². The molecule has 0 atom stereocenters. The van der Waals surface area contributed by atoms with E-state index in [0.29, 0.717) is 22.6 Å². The molecule has 0 bridgehead atoms. The van der Waals surface area contributed by atoms with Gasteiger partial charge in [-0.05, 0) is 44.2 Å². The van der Waals surface area contributed by atoms with Gasteiger partial charge < -0.3 is 13.9 Å². The first kappa shape index (κ1) is 16.7. The first-order valence-electron chi connectivity index (χ1n) is 7.84. The van der Waals surface area contributed by atoms with Crippen LogP contribution in [0.4, 0.5) is 0 Å². The van der Waals surface area contributed by atoms with Crippen LogP contribution in [-0.4, -0.2) is 23.7 Å². The lowest BCUT2D eigenvalue weighted by atomic mass is 10.1. The second-order valence-corrected chi connectivity index (χ2v) is 5.69.